The maximum Gasteiger partial charge on any atom is 0.186 e. The number of hydrogen-bond acceptors (Lipinski definition) is 3. The van der Waals surface area contributed by atoms with Gasteiger partial charge in [-0.1, -0.05) is 35.7 Å². The number of carbonyl (C=O) groups is 1. The van der Waals surface area contributed by atoms with Gasteiger partial charge in [-0.05, 0) is 18.2 Å². The number of fused-ring (bicyclic) bond motifs is 1. The molecule has 0 N–H and O–H groups in total. The van der Waals surface area contributed by atoms with E-state index in [0.717, 1.165) is 16.5 Å². The van der Waals surface area contributed by atoms with Crippen LogP contribution in [0.3, 0.4) is 0 Å². The van der Waals surface area contributed by atoms with Crippen molar-refractivity contribution >= 4 is 27.8 Å². The third kappa shape index (κ3) is 3.33. The molecule has 0 aliphatic heterocycles. The topological polar surface area (TPSA) is 30.0 Å². The number of aromatic nitrogens is 1. The van der Waals surface area contributed by atoms with Gasteiger partial charge in [0, 0.05) is 24.1 Å². The van der Waals surface area contributed by atoms with Gasteiger partial charge in [0.2, 0.25) is 0 Å². The summed E-state index contributed by atoms with van der Waals surface area (Å²) in [7, 11) is 0. The van der Waals surface area contributed by atoms with E-state index in [4.69, 9.17) is 0 Å². The van der Waals surface area contributed by atoms with Crippen LogP contribution < -0.4 is 0 Å². The monoisotopic (exact) mass is 241 g/mol. The Bertz CT molecular complexity index is 610. The van der Waals surface area contributed by atoms with E-state index in [1.807, 2.05) is 30.3 Å². The maximum atomic E-state index is 10.7. The van der Waals surface area contributed by atoms with Gasteiger partial charge in [-0.25, -0.2) is 0 Å². The fourth-order valence-electron chi connectivity index (χ4n) is 1.42. The second-order valence-electron chi connectivity index (χ2n) is 3.49. The Balaban J connectivity index is 2.16. The van der Waals surface area contributed by atoms with Crippen molar-refractivity contribution in [1.29, 1.82) is 0 Å². The number of pyridine rings is 1. The molecule has 0 saturated carbocycles. The smallest absolute Gasteiger partial charge is 0.186 e. The van der Waals surface area contributed by atoms with Gasteiger partial charge in [0.05, 0.1) is 11.3 Å². The van der Waals surface area contributed by atoms with E-state index in [1.165, 1.54) is 11.8 Å². The van der Waals surface area contributed by atoms with Crippen LogP contribution in [0, 0.1) is 11.8 Å². The molecule has 3 heteroatoms. The fourth-order valence-corrected chi connectivity index (χ4v) is 1.77. The lowest BCUT2D eigenvalue weighted by Crippen LogP contribution is -1.83. The summed E-state index contributed by atoms with van der Waals surface area (Å²) in [4.78, 5) is 15.0. The highest BCUT2D eigenvalue weighted by molar-refractivity contribution is 8.13. The summed E-state index contributed by atoms with van der Waals surface area (Å²) in [6.07, 6.45) is 1.77. The molecule has 1 heterocycles. The van der Waals surface area contributed by atoms with E-state index in [9.17, 15) is 4.79 Å². The summed E-state index contributed by atoms with van der Waals surface area (Å²) in [5.74, 6) is 6.53. The molecule has 0 unspecified atom stereocenters. The summed E-state index contributed by atoms with van der Waals surface area (Å²) in [6.45, 7) is 1.55. The van der Waals surface area contributed by atoms with Crippen LogP contribution in [0.1, 0.15) is 12.5 Å². The van der Waals surface area contributed by atoms with Crippen LogP contribution in [0.15, 0.2) is 36.5 Å². The van der Waals surface area contributed by atoms with E-state index in [0.29, 0.717) is 5.75 Å². The number of carbonyl (C=O) groups excluding carboxylic acids is 1. The Morgan fingerprint density at radius 1 is 1.41 bits per heavy atom. The Morgan fingerprint density at radius 3 is 3.12 bits per heavy atom. The lowest BCUT2D eigenvalue weighted by atomic mass is 10.1. The van der Waals surface area contributed by atoms with Crippen molar-refractivity contribution in [2.45, 2.75) is 6.92 Å². The van der Waals surface area contributed by atoms with Gasteiger partial charge in [-0.3, -0.25) is 9.78 Å². The Morgan fingerprint density at radius 2 is 2.29 bits per heavy atom. The van der Waals surface area contributed by atoms with Crippen LogP contribution in [0.2, 0.25) is 0 Å². The Labute approximate surface area is 104 Å². The largest absolute Gasteiger partial charge is 0.288 e. The average molecular weight is 241 g/mol. The first-order chi connectivity index (χ1) is 8.25. The summed E-state index contributed by atoms with van der Waals surface area (Å²) >= 11 is 1.23. The molecule has 1 aromatic heterocycles. The van der Waals surface area contributed by atoms with Crippen LogP contribution >= 0.6 is 11.8 Å². The number of nitrogens with zero attached hydrogens (tertiary/aromatic N) is 1. The molecular weight excluding hydrogens is 230 g/mol. The molecule has 0 bridgehead atoms. The van der Waals surface area contributed by atoms with Gasteiger partial charge < -0.3 is 0 Å². The highest BCUT2D eigenvalue weighted by Gasteiger charge is 1.94. The van der Waals surface area contributed by atoms with Crippen LogP contribution in [0.25, 0.3) is 10.9 Å². The zero-order chi connectivity index (χ0) is 12.1. The molecule has 0 amide bonds. The normalized spacial score (nSPS) is 9.71. The molecular formula is C14H11NOS. The molecule has 0 radical (unpaired) electrons. The van der Waals surface area contributed by atoms with E-state index >= 15 is 0 Å². The number of thioether (sulfide) groups is 1. The predicted molar refractivity (Wildman–Crippen MR) is 71.8 cm³/mol. The van der Waals surface area contributed by atoms with E-state index in [2.05, 4.69) is 16.8 Å². The van der Waals surface area contributed by atoms with Crippen molar-refractivity contribution in [3.8, 4) is 11.8 Å². The Kier molecular flexibility index (Phi) is 3.79. The third-order valence-electron chi connectivity index (χ3n) is 2.19. The van der Waals surface area contributed by atoms with Gasteiger partial charge in [0.25, 0.3) is 0 Å². The lowest BCUT2D eigenvalue weighted by molar-refractivity contribution is -0.109. The van der Waals surface area contributed by atoms with Gasteiger partial charge in [-0.15, -0.1) is 0 Å². The van der Waals surface area contributed by atoms with Crippen LogP contribution in [0.4, 0.5) is 0 Å². The molecule has 0 spiro atoms. The van der Waals surface area contributed by atoms with E-state index in [-0.39, 0.29) is 5.12 Å². The third-order valence-corrected chi connectivity index (χ3v) is 2.88. The highest BCUT2D eigenvalue weighted by Crippen LogP contribution is 2.12. The predicted octanol–water partition coefficient (Wildman–Crippen LogP) is 2.87. The van der Waals surface area contributed by atoms with Crippen molar-refractivity contribution < 1.29 is 4.79 Å². The SMILES string of the molecule is CC(=O)SCC#Cc1ccc2cccnc2c1. The number of benzene rings is 1. The van der Waals surface area contributed by atoms with Crippen molar-refractivity contribution in [2.24, 2.45) is 0 Å². The fraction of sp³-hybridized carbons (Fsp3) is 0.143. The van der Waals surface area contributed by atoms with Crippen molar-refractivity contribution in [3.05, 3.63) is 42.1 Å². The minimum absolute atomic E-state index is 0.0967. The molecule has 0 atom stereocenters. The van der Waals surface area contributed by atoms with Crippen LogP contribution in [-0.4, -0.2) is 15.9 Å². The number of rotatable bonds is 1. The molecule has 0 aliphatic carbocycles. The molecule has 2 rings (SSSR count). The summed E-state index contributed by atoms with van der Waals surface area (Å²) in [5.41, 5.74) is 1.87. The van der Waals surface area contributed by atoms with Crippen molar-refractivity contribution in [2.75, 3.05) is 5.75 Å². The molecule has 0 fully saturated rings. The minimum Gasteiger partial charge on any atom is -0.288 e. The number of hydrogen-bond donors (Lipinski definition) is 0. The second-order valence-corrected chi connectivity index (χ2v) is 4.65. The second kappa shape index (κ2) is 5.51. The maximum absolute atomic E-state index is 10.7. The molecule has 17 heavy (non-hydrogen) atoms. The summed E-state index contributed by atoms with van der Waals surface area (Å²) in [5, 5.41) is 1.20. The standard InChI is InChI=1S/C14H11NOS/c1-11(16)17-9-3-4-12-6-7-13-5-2-8-15-14(13)10-12/h2,5-8,10H,9H2,1H3. The van der Waals surface area contributed by atoms with Gasteiger partial charge >= 0.3 is 0 Å². The summed E-state index contributed by atoms with van der Waals surface area (Å²) in [6, 6.07) is 9.86. The molecule has 84 valence electrons. The van der Waals surface area contributed by atoms with Crippen LogP contribution in [-0.2, 0) is 4.79 Å². The van der Waals surface area contributed by atoms with Crippen molar-refractivity contribution in [3.63, 3.8) is 0 Å². The van der Waals surface area contributed by atoms with Gasteiger partial charge in [-0.2, -0.15) is 0 Å². The zero-order valence-electron chi connectivity index (χ0n) is 9.43. The van der Waals surface area contributed by atoms with Gasteiger partial charge in [0.1, 0.15) is 0 Å². The van der Waals surface area contributed by atoms with E-state index in [1.54, 1.807) is 13.1 Å². The summed E-state index contributed by atoms with van der Waals surface area (Å²) < 4.78 is 0. The molecule has 0 aliphatic rings. The first kappa shape index (κ1) is 11.7. The first-order valence-electron chi connectivity index (χ1n) is 5.23. The van der Waals surface area contributed by atoms with Crippen LogP contribution in [0.5, 0.6) is 0 Å². The first-order valence-corrected chi connectivity index (χ1v) is 6.21. The Hall–Kier alpha value is -1.79. The molecule has 2 aromatic rings. The lowest BCUT2D eigenvalue weighted by Gasteiger charge is -1.96. The van der Waals surface area contributed by atoms with Gasteiger partial charge in [0.15, 0.2) is 5.12 Å². The molecule has 2 nitrogen and oxygen atoms in total. The van der Waals surface area contributed by atoms with Crippen molar-refractivity contribution in [1.82, 2.24) is 4.98 Å². The molecule has 0 saturated heterocycles. The quantitative estimate of drug-likeness (QED) is 0.719. The minimum atomic E-state index is 0.0967. The highest BCUT2D eigenvalue weighted by atomic mass is 32.2. The molecule has 1 aromatic carbocycles. The average Bonchev–Trinajstić information content (AvgIpc) is 2.34. The zero-order valence-corrected chi connectivity index (χ0v) is 10.3. The van der Waals surface area contributed by atoms with E-state index < -0.39 is 0 Å².